The summed E-state index contributed by atoms with van der Waals surface area (Å²) in [5.41, 5.74) is 10.8. The summed E-state index contributed by atoms with van der Waals surface area (Å²) in [6.07, 6.45) is 5.36. The Hall–Kier alpha value is -4.00. The maximum absolute atomic E-state index is 12.0. The van der Waals surface area contributed by atoms with E-state index >= 15 is 0 Å². The van der Waals surface area contributed by atoms with Gasteiger partial charge in [0.1, 0.15) is 5.82 Å². The highest BCUT2D eigenvalue weighted by molar-refractivity contribution is 5.98. The van der Waals surface area contributed by atoms with Crippen LogP contribution in [0.4, 0.5) is 0 Å². The smallest absolute Gasteiger partial charge is 0.313 e. The summed E-state index contributed by atoms with van der Waals surface area (Å²) >= 11 is 0. The lowest BCUT2D eigenvalue weighted by Crippen LogP contribution is -2.24. The number of primary amides is 1. The molecule has 2 aromatic carbocycles. The number of amides is 1. The number of rotatable bonds is 7. The van der Waals surface area contributed by atoms with Gasteiger partial charge in [0.25, 0.3) is 5.69 Å². The molecule has 0 fully saturated rings. The first kappa shape index (κ1) is 21.2. The summed E-state index contributed by atoms with van der Waals surface area (Å²) < 4.78 is 10.8. The number of methoxy groups -OCH3 is 2. The van der Waals surface area contributed by atoms with E-state index in [1.54, 1.807) is 20.3 Å². The number of pyridine rings is 1. The fraction of sp³-hybridized carbons (Fsp3) is 0.200. The first-order valence-corrected chi connectivity index (χ1v) is 10.3. The Morgan fingerprint density at radius 3 is 2.34 bits per heavy atom. The number of nitrogens with two attached hydrogens (primary N) is 1. The van der Waals surface area contributed by atoms with E-state index in [-0.39, 0.29) is 0 Å². The zero-order chi connectivity index (χ0) is 22.7. The SMILES string of the molecule is COc1ccc(-c2cc(C(N)=O)[nH+]c3cc(CCc4cnc(C)nc4)ccc23)cc1OC. The van der Waals surface area contributed by atoms with Crippen molar-refractivity contribution in [3.05, 3.63) is 77.5 Å². The van der Waals surface area contributed by atoms with Gasteiger partial charge in [-0.3, -0.25) is 4.79 Å². The van der Waals surface area contributed by atoms with Crippen molar-refractivity contribution in [2.45, 2.75) is 19.8 Å². The van der Waals surface area contributed by atoms with Crippen molar-refractivity contribution < 1.29 is 19.3 Å². The van der Waals surface area contributed by atoms with E-state index in [4.69, 9.17) is 15.2 Å². The highest BCUT2D eigenvalue weighted by Gasteiger charge is 2.18. The van der Waals surface area contributed by atoms with Gasteiger partial charge in [-0.2, -0.15) is 0 Å². The third-order valence-corrected chi connectivity index (χ3v) is 5.43. The number of H-pyrrole nitrogens is 1. The molecule has 0 spiro atoms. The molecule has 7 nitrogen and oxygen atoms in total. The van der Waals surface area contributed by atoms with Crippen LogP contribution in [-0.4, -0.2) is 30.1 Å². The van der Waals surface area contributed by atoms with Gasteiger partial charge in [0.05, 0.1) is 19.6 Å². The van der Waals surface area contributed by atoms with Crippen molar-refractivity contribution >= 4 is 16.8 Å². The topological polar surface area (TPSA) is 101 Å². The molecule has 0 saturated heterocycles. The van der Waals surface area contributed by atoms with Crippen LogP contribution in [-0.2, 0) is 12.8 Å². The number of aryl methyl sites for hydroxylation is 3. The zero-order valence-electron chi connectivity index (χ0n) is 18.3. The quantitative estimate of drug-likeness (QED) is 0.486. The fourth-order valence-electron chi connectivity index (χ4n) is 3.70. The molecule has 4 aromatic rings. The molecule has 0 radical (unpaired) electrons. The summed E-state index contributed by atoms with van der Waals surface area (Å²) in [5, 5.41) is 0.977. The van der Waals surface area contributed by atoms with Gasteiger partial charge in [-0.05, 0) is 54.7 Å². The maximum atomic E-state index is 12.0. The average Bonchev–Trinajstić information content (AvgIpc) is 2.82. The molecule has 3 N–H and O–H groups in total. The Bertz CT molecular complexity index is 1290. The van der Waals surface area contributed by atoms with E-state index in [1.807, 2.05) is 37.5 Å². The molecule has 4 rings (SSSR count). The number of hydrogen-bond donors (Lipinski definition) is 1. The van der Waals surface area contributed by atoms with Crippen molar-refractivity contribution in [1.29, 1.82) is 0 Å². The summed E-state index contributed by atoms with van der Waals surface area (Å²) in [5.74, 6) is 1.50. The summed E-state index contributed by atoms with van der Waals surface area (Å²) in [6, 6.07) is 13.7. The predicted molar refractivity (Wildman–Crippen MR) is 122 cm³/mol. The highest BCUT2D eigenvalue weighted by atomic mass is 16.5. The Labute approximate surface area is 186 Å². The van der Waals surface area contributed by atoms with Crippen LogP contribution in [0.1, 0.15) is 27.4 Å². The van der Waals surface area contributed by atoms with Gasteiger partial charge in [0.15, 0.2) is 11.5 Å². The van der Waals surface area contributed by atoms with Gasteiger partial charge in [-0.1, -0.05) is 12.1 Å². The number of aromatic amines is 1. The van der Waals surface area contributed by atoms with Gasteiger partial charge >= 0.3 is 5.91 Å². The third-order valence-electron chi connectivity index (χ3n) is 5.43. The van der Waals surface area contributed by atoms with Crippen molar-refractivity contribution in [3.63, 3.8) is 0 Å². The molecule has 162 valence electrons. The monoisotopic (exact) mass is 429 g/mol. The highest BCUT2D eigenvalue weighted by Crippen LogP contribution is 2.35. The summed E-state index contributed by atoms with van der Waals surface area (Å²) in [4.78, 5) is 23.7. The number of carbonyl (C=O) groups excluding carboxylic acids is 1. The molecule has 0 aliphatic heterocycles. The molecular weight excluding hydrogens is 404 g/mol. The zero-order valence-corrected chi connectivity index (χ0v) is 18.3. The van der Waals surface area contributed by atoms with Gasteiger partial charge < -0.3 is 15.2 Å². The molecule has 0 unspecified atom stereocenters. The Balaban J connectivity index is 1.75. The number of ether oxygens (including phenoxy) is 2. The number of nitrogens with zero attached hydrogens (tertiary/aromatic N) is 2. The van der Waals surface area contributed by atoms with Crippen molar-refractivity contribution in [2.24, 2.45) is 5.73 Å². The normalized spacial score (nSPS) is 10.8. The lowest BCUT2D eigenvalue weighted by Gasteiger charge is -2.11. The van der Waals surface area contributed by atoms with Crippen LogP contribution in [0.2, 0.25) is 0 Å². The maximum Gasteiger partial charge on any atom is 0.313 e. The molecule has 2 heterocycles. The minimum absolute atomic E-state index is 0.339. The molecule has 7 heteroatoms. The second kappa shape index (κ2) is 9.01. The lowest BCUT2D eigenvalue weighted by molar-refractivity contribution is -0.348. The first-order chi connectivity index (χ1) is 15.5. The predicted octanol–water partition coefficient (Wildman–Crippen LogP) is 3.32. The summed E-state index contributed by atoms with van der Waals surface area (Å²) in [6.45, 7) is 1.87. The molecule has 2 aromatic heterocycles. The Morgan fingerprint density at radius 1 is 0.938 bits per heavy atom. The number of hydrogen-bond acceptors (Lipinski definition) is 5. The van der Waals surface area contributed by atoms with Crippen LogP contribution in [0.5, 0.6) is 11.5 Å². The van der Waals surface area contributed by atoms with E-state index in [0.29, 0.717) is 17.2 Å². The number of carbonyl (C=O) groups is 1. The van der Waals surface area contributed by atoms with Crippen molar-refractivity contribution in [3.8, 4) is 22.6 Å². The second-order valence-electron chi connectivity index (χ2n) is 7.55. The number of aromatic nitrogens is 3. The number of fused-ring (bicyclic) bond motifs is 1. The second-order valence-corrected chi connectivity index (χ2v) is 7.55. The molecular formula is C25H25N4O3+. The number of nitrogens with one attached hydrogen (secondary N) is 1. The van der Waals surface area contributed by atoms with Crippen LogP contribution in [0.3, 0.4) is 0 Å². The van der Waals surface area contributed by atoms with E-state index in [2.05, 4.69) is 33.2 Å². The van der Waals surface area contributed by atoms with Crippen LogP contribution < -0.4 is 20.2 Å². The number of benzene rings is 2. The molecule has 0 bridgehead atoms. The van der Waals surface area contributed by atoms with Gasteiger partial charge in [-0.15, -0.1) is 0 Å². The minimum Gasteiger partial charge on any atom is -0.493 e. The third kappa shape index (κ3) is 4.37. The largest absolute Gasteiger partial charge is 0.493 e. The van der Waals surface area contributed by atoms with Crippen LogP contribution in [0, 0.1) is 6.92 Å². The van der Waals surface area contributed by atoms with Gasteiger partial charge in [-0.25, -0.2) is 15.0 Å². The molecule has 1 amide bonds. The minimum atomic E-state index is -0.518. The Morgan fingerprint density at radius 2 is 1.66 bits per heavy atom. The fourth-order valence-corrected chi connectivity index (χ4v) is 3.70. The van der Waals surface area contributed by atoms with E-state index in [1.165, 1.54) is 0 Å². The van der Waals surface area contributed by atoms with E-state index in [0.717, 1.165) is 51.8 Å². The first-order valence-electron chi connectivity index (χ1n) is 10.3. The molecule has 0 aliphatic carbocycles. The Kier molecular flexibility index (Phi) is 5.98. The van der Waals surface area contributed by atoms with Crippen LogP contribution >= 0.6 is 0 Å². The van der Waals surface area contributed by atoms with Crippen molar-refractivity contribution in [1.82, 2.24) is 9.97 Å². The average molecular weight is 430 g/mol. The van der Waals surface area contributed by atoms with Crippen molar-refractivity contribution in [2.75, 3.05) is 14.2 Å². The molecule has 0 aliphatic rings. The standard InChI is InChI=1S/C25H24N4O3/c1-15-27-13-17(14-28-15)5-4-16-6-8-19-20(12-22(25(26)30)29-21(19)10-16)18-7-9-23(31-2)24(11-18)32-3/h6-14H,4-5H2,1-3H3,(H2,26,30)/p+1. The van der Waals surface area contributed by atoms with Gasteiger partial charge in [0.2, 0.25) is 5.52 Å². The van der Waals surface area contributed by atoms with Crippen LogP contribution in [0.15, 0.2) is 54.9 Å². The molecule has 0 atom stereocenters. The van der Waals surface area contributed by atoms with Gasteiger partial charge in [0, 0.05) is 30.1 Å². The van der Waals surface area contributed by atoms with E-state index < -0.39 is 5.91 Å². The summed E-state index contributed by atoms with van der Waals surface area (Å²) in [7, 11) is 3.19. The molecule has 32 heavy (non-hydrogen) atoms. The lowest BCUT2D eigenvalue weighted by atomic mass is 9.97. The van der Waals surface area contributed by atoms with E-state index in [9.17, 15) is 4.79 Å². The molecule has 0 saturated carbocycles. The van der Waals surface area contributed by atoms with Crippen LogP contribution in [0.25, 0.3) is 22.0 Å².